The molecule has 1 unspecified atom stereocenters. The number of anilines is 3. The minimum Gasteiger partial charge on any atom is -0.489 e. The minimum atomic E-state index is -0.295. The zero-order chi connectivity index (χ0) is 24.1. The highest BCUT2D eigenvalue weighted by Crippen LogP contribution is 2.37. The van der Waals surface area contributed by atoms with Crippen LogP contribution in [0, 0.1) is 0 Å². The first-order chi connectivity index (χ1) is 17.0. The Morgan fingerprint density at radius 3 is 2.77 bits per heavy atom. The van der Waals surface area contributed by atoms with Crippen LogP contribution in [0.4, 0.5) is 17.3 Å². The summed E-state index contributed by atoms with van der Waals surface area (Å²) in [5, 5.41) is 4.41. The molecule has 2 aliphatic rings. The van der Waals surface area contributed by atoms with Crippen LogP contribution in [0.3, 0.4) is 0 Å². The van der Waals surface area contributed by atoms with Crippen molar-refractivity contribution in [1.29, 1.82) is 0 Å². The molecule has 10 heteroatoms. The Bertz CT molecular complexity index is 1490. The monoisotopic (exact) mass is 508 g/mol. The molecule has 1 saturated heterocycles. The Morgan fingerprint density at radius 2 is 1.94 bits per heavy atom. The Hall–Kier alpha value is -3.33. The topological polar surface area (TPSA) is 75.5 Å². The summed E-state index contributed by atoms with van der Waals surface area (Å²) in [7, 11) is 2.14. The first kappa shape index (κ1) is 22.2. The zero-order valence-electron chi connectivity index (χ0n) is 18.9. The normalized spacial score (nSPS) is 17.6. The number of likely N-dealkylation sites (N-methyl/N-ethyl adjacent to an activating group) is 1. The van der Waals surface area contributed by atoms with Crippen molar-refractivity contribution in [2.24, 2.45) is 0 Å². The second-order valence-corrected chi connectivity index (χ2v) is 9.60. The molecular formula is C25H22Cl2N6O2. The van der Waals surface area contributed by atoms with E-state index in [4.69, 9.17) is 27.9 Å². The van der Waals surface area contributed by atoms with Crippen LogP contribution in [0.15, 0.2) is 59.7 Å². The molecule has 0 radical (unpaired) electrons. The van der Waals surface area contributed by atoms with Gasteiger partial charge < -0.3 is 19.9 Å². The van der Waals surface area contributed by atoms with E-state index in [0.29, 0.717) is 45.2 Å². The van der Waals surface area contributed by atoms with Crippen molar-refractivity contribution in [3.05, 3.63) is 75.3 Å². The van der Waals surface area contributed by atoms with Crippen molar-refractivity contribution in [2.75, 3.05) is 43.5 Å². The lowest BCUT2D eigenvalue weighted by Crippen LogP contribution is -2.56. The Kier molecular flexibility index (Phi) is 5.51. The van der Waals surface area contributed by atoms with Crippen LogP contribution in [-0.4, -0.2) is 58.8 Å². The first-order valence-electron chi connectivity index (χ1n) is 11.3. The molecule has 1 fully saturated rings. The van der Waals surface area contributed by atoms with Gasteiger partial charge in [-0.1, -0.05) is 29.3 Å². The van der Waals surface area contributed by atoms with Crippen molar-refractivity contribution in [3.63, 3.8) is 0 Å². The Balaban J connectivity index is 1.31. The zero-order valence-corrected chi connectivity index (χ0v) is 20.4. The summed E-state index contributed by atoms with van der Waals surface area (Å²) >= 11 is 12.6. The van der Waals surface area contributed by atoms with Gasteiger partial charge in [0.15, 0.2) is 0 Å². The maximum absolute atomic E-state index is 13.1. The fraction of sp³-hybridized carbons (Fsp3) is 0.240. The van der Waals surface area contributed by atoms with Gasteiger partial charge >= 0.3 is 0 Å². The summed E-state index contributed by atoms with van der Waals surface area (Å²) in [5.74, 6) is 1.28. The summed E-state index contributed by atoms with van der Waals surface area (Å²) in [5.41, 5.74) is 2.58. The fourth-order valence-electron chi connectivity index (χ4n) is 4.71. The van der Waals surface area contributed by atoms with Crippen LogP contribution in [0.25, 0.3) is 16.6 Å². The van der Waals surface area contributed by atoms with E-state index in [9.17, 15) is 4.79 Å². The van der Waals surface area contributed by atoms with E-state index in [1.165, 1.54) is 10.8 Å². The molecule has 35 heavy (non-hydrogen) atoms. The third-order valence-corrected chi connectivity index (χ3v) is 7.08. The lowest BCUT2D eigenvalue weighted by Gasteiger charge is -2.44. The van der Waals surface area contributed by atoms with E-state index in [-0.39, 0.29) is 5.56 Å². The molecular weight excluding hydrogens is 487 g/mol. The number of hydrogen-bond acceptors (Lipinski definition) is 7. The van der Waals surface area contributed by atoms with Crippen molar-refractivity contribution in [3.8, 4) is 11.4 Å². The van der Waals surface area contributed by atoms with Gasteiger partial charge in [-0.05, 0) is 43.4 Å². The predicted molar refractivity (Wildman–Crippen MR) is 139 cm³/mol. The molecule has 0 bridgehead atoms. The van der Waals surface area contributed by atoms with Crippen molar-refractivity contribution >= 4 is 51.4 Å². The van der Waals surface area contributed by atoms with Crippen molar-refractivity contribution in [1.82, 2.24) is 19.4 Å². The highest BCUT2D eigenvalue weighted by molar-refractivity contribution is 6.37. The highest BCUT2D eigenvalue weighted by Gasteiger charge is 2.31. The lowest BCUT2D eigenvalue weighted by molar-refractivity contribution is 0.188. The van der Waals surface area contributed by atoms with E-state index >= 15 is 0 Å². The maximum Gasteiger partial charge on any atom is 0.266 e. The molecule has 0 amide bonds. The van der Waals surface area contributed by atoms with Gasteiger partial charge in [0, 0.05) is 37.7 Å². The molecule has 2 aromatic carbocycles. The van der Waals surface area contributed by atoms with E-state index in [1.807, 2.05) is 12.1 Å². The largest absolute Gasteiger partial charge is 0.489 e. The third kappa shape index (κ3) is 3.97. The summed E-state index contributed by atoms with van der Waals surface area (Å²) in [6.07, 6.45) is 3.14. The number of pyridine rings is 1. The van der Waals surface area contributed by atoms with Gasteiger partial charge in [0.2, 0.25) is 5.95 Å². The number of rotatable bonds is 3. The van der Waals surface area contributed by atoms with E-state index < -0.39 is 0 Å². The molecule has 8 nitrogen and oxygen atoms in total. The summed E-state index contributed by atoms with van der Waals surface area (Å²) in [6, 6.07) is 13.2. The van der Waals surface area contributed by atoms with Crippen LogP contribution in [-0.2, 0) is 0 Å². The number of ether oxygens (including phenoxy) is 1. The molecule has 2 aromatic heterocycles. The summed E-state index contributed by atoms with van der Waals surface area (Å²) < 4.78 is 7.41. The Morgan fingerprint density at radius 1 is 1.11 bits per heavy atom. The van der Waals surface area contributed by atoms with Gasteiger partial charge in [-0.25, -0.2) is 9.97 Å². The molecule has 0 aliphatic carbocycles. The number of piperazine rings is 1. The first-order valence-corrected chi connectivity index (χ1v) is 12.1. The second-order valence-electron chi connectivity index (χ2n) is 8.78. The van der Waals surface area contributed by atoms with Crippen LogP contribution >= 0.6 is 23.2 Å². The van der Waals surface area contributed by atoms with Crippen LogP contribution in [0.2, 0.25) is 10.0 Å². The number of aromatic nitrogens is 3. The average molecular weight is 509 g/mol. The molecule has 4 aromatic rings. The SMILES string of the molecule is CN1CCN2c3cc(Nc4ncc5c(=O)n(-c6c(Cl)cccc6Cl)ccc5n4)ccc3OCC2C1. The summed E-state index contributed by atoms with van der Waals surface area (Å²) in [6.45, 7) is 3.63. The van der Waals surface area contributed by atoms with Gasteiger partial charge in [0.05, 0.1) is 38.4 Å². The van der Waals surface area contributed by atoms with Gasteiger partial charge in [-0.3, -0.25) is 9.36 Å². The van der Waals surface area contributed by atoms with E-state index in [2.05, 4.69) is 38.2 Å². The number of nitrogens with one attached hydrogen (secondary N) is 1. The number of nitrogens with zero attached hydrogens (tertiary/aromatic N) is 5. The third-order valence-electron chi connectivity index (χ3n) is 6.47. The standard InChI is InChI=1S/C25H22Cl2N6O2/c1-31-9-10-32-16(13-31)14-35-22-6-5-15(11-21(22)32)29-25-28-12-17-20(30-25)7-8-33(24(17)34)23-18(26)3-2-4-19(23)27/h2-8,11-12,16H,9-10,13-14H2,1H3,(H,28,29,30). The van der Waals surface area contributed by atoms with Crippen LogP contribution in [0.5, 0.6) is 5.75 Å². The molecule has 1 N–H and O–H groups in total. The maximum atomic E-state index is 13.1. The molecule has 1 atom stereocenters. The molecule has 0 saturated carbocycles. The molecule has 6 rings (SSSR count). The van der Waals surface area contributed by atoms with Crippen molar-refractivity contribution < 1.29 is 4.74 Å². The summed E-state index contributed by atoms with van der Waals surface area (Å²) in [4.78, 5) is 26.8. The van der Waals surface area contributed by atoms with E-state index in [1.54, 1.807) is 30.5 Å². The van der Waals surface area contributed by atoms with E-state index in [0.717, 1.165) is 36.8 Å². The number of fused-ring (bicyclic) bond motifs is 4. The predicted octanol–water partition coefficient (Wildman–Crippen LogP) is 4.34. The quantitative estimate of drug-likeness (QED) is 0.440. The molecule has 178 valence electrons. The lowest BCUT2D eigenvalue weighted by atomic mass is 10.1. The van der Waals surface area contributed by atoms with Gasteiger partial charge in [0.25, 0.3) is 5.56 Å². The molecule has 0 spiro atoms. The second kappa shape index (κ2) is 8.71. The fourth-order valence-corrected chi connectivity index (χ4v) is 5.29. The molecule has 4 heterocycles. The number of halogens is 2. The Labute approximate surface area is 211 Å². The molecule has 2 aliphatic heterocycles. The minimum absolute atomic E-state index is 0.295. The number of benzene rings is 2. The van der Waals surface area contributed by atoms with Gasteiger partial charge in [-0.2, -0.15) is 0 Å². The van der Waals surface area contributed by atoms with Gasteiger partial charge in [0.1, 0.15) is 12.4 Å². The highest BCUT2D eigenvalue weighted by atomic mass is 35.5. The van der Waals surface area contributed by atoms with Crippen LogP contribution in [0.1, 0.15) is 0 Å². The number of para-hydroxylation sites is 1. The number of hydrogen-bond donors (Lipinski definition) is 1. The van der Waals surface area contributed by atoms with Crippen LogP contribution < -0.4 is 20.5 Å². The average Bonchev–Trinajstić information content (AvgIpc) is 2.85. The van der Waals surface area contributed by atoms with Gasteiger partial charge in [-0.15, -0.1) is 0 Å². The van der Waals surface area contributed by atoms with Crippen molar-refractivity contribution in [2.45, 2.75) is 6.04 Å². The smallest absolute Gasteiger partial charge is 0.266 e.